The first-order valence-electron chi connectivity index (χ1n) is 22.6. The van der Waals surface area contributed by atoms with Crippen molar-refractivity contribution in [3.8, 4) is 23.0 Å². The van der Waals surface area contributed by atoms with Crippen LogP contribution in [-0.4, -0.2) is 49.6 Å². The molecule has 332 valence electrons. The van der Waals surface area contributed by atoms with Crippen LogP contribution in [0.3, 0.4) is 0 Å². The van der Waals surface area contributed by atoms with Crippen LogP contribution in [0.2, 0.25) is 0 Å². The molecule has 0 radical (unpaired) electrons. The molecule has 0 amide bonds. The van der Waals surface area contributed by atoms with Gasteiger partial charge in [0.15, 0.2) is 0 Å². The Morgan fingerprint density at radius 2 is 0.919 bits per heavy atom. The Balaban J connectivity index is 0.000000186. The maximum atomic E-state index is 14.3. The zero-order chi connectivity index (χ0) is 43.6. The molecule has 8 nitrogen and oxygen atoms in total. The summed E-state index contributed by atoms with van der Waals surface area (Å²) in [6.45, 7) is 1.29. The van der Waals surface area contributed by atoms with E-state index < -0.39 is 11.9 Å². The van der Waals surface area contributed by atoms with E-state index >= 15 is 0 Å². The summed E-state index contributed by atoms with van der Waals surface area (Å²) in [6, 6.07) is 25.9. The summed E-state index contributed by atoms with van der Waals surface area (Å²) < 4.78 is 51.3. The largest absolute Gasteiger partial charge is 0.497 e. The molecule has 0 saturated heterocycles. The Labute approximate surface area is 365 Å². The van der Waals surface area contributed by atoms with Crippen molar-refractivity contribution < 1.29 is 47.5 Å². The van der Waals surface area contributed by atoms with Crippen molar-refractivity contribution in [2.45, 2.75) is 114 Å². The van der Waals surface area contributed by atoms with Gasteiger partial charge in [0.05, 0.1) is 40.3 Å². The summed E-state index contributed by atoms with van der Waals surface area (Å²) >= 11 is 0. The lowest BCUT2D eigenvalue weighted by Crippen LogP contribution is -2.20. The summed E-state index contributed by atoms with van der Waals surface area (Å²) in [5.74, 6) is 3.73. The first kappa shape index (κ1) is 44.9. The second kappa shape index (κ2) is 21.3. The van der Waals surface area contributed by atoms with E-state index in [0.717, 1.165) is 111 Å². The van der Waals surface area contributed by atoms with Gasteiger partial charge in [0.25, 0.3) is 0 Å². The van der Waals surface area contributed by atoms with Crippen LogP contribution in [0.25, 0.3) is 0 Å². The van der Waals surface area contributed by atoms with Crippen molar-refractivity contribution in [3.63, 3.8) is 0 Å². The molecule has 4 aromatic carbocycles. The highest BCUT2D eigenvalue weighted by atomic mass is 19.1. The van der Waals surface area contributed by atoms with E-state index in [-0.39, 0.29) is 48.1 Å². The average molecular weight is 853 g/mol. The molecule has 0 heterocycles. The fourth-order valence-electron chi connectivity index (χ4n) is 9.79. The molecule has 8 rings (SSSR count). The Morgan fingerprint density at radius 3 is 1.26 bits per heavy atom. The van der Waals surface area contributed by atoms with Gasteiger partial charge in [-0.15, -0.1) is 0 Å². The number of hydrogen-bond acceptors (Lipinski definition) is 6. The second-order valence-electron chi connectivity index (χ2n) is 18.1. The van der Waals surface area contributed by atoms with Gasteiger partial charge in [-0.25, -0.2) is 8.78 Å². The lowest BCUT2D eigenvalue weighted by atomic mass is 9.79. The van der Waals surface area contributed by atoms with Crippen LogP contribution in [0.4, 0.5) is 8.78 Å². The molecular weight excluding hydrogens is 791 g/mol. The van der Waals surface area contributed by atoms with E-state index in [9.17, 15) is 28.6 Å². The van der Waals surface area contributed by atoms with Crippen LogP contribution >= 0.6 is 0 Å². The number of hydrogen-bond donors (Lipinski definition) is 2. The van der Waals surface area contributed by atoms with E-state index in [1.165, 1.54) is 12.1 Å². The van der Waals surface area contributed by atoms with Gasteiger partial charge in [0, 0.05) is 0 Å². The third-order valence-electron chi connectivity index (χ3n) is 13.7. The molecule has 2 atom stereocenters. The standard InChI is InChI=1S/2C26H31FO4/c2*1-30-21-11-12-25(27)24(14-21)19-7-5-17(6-8-19)16-31-22-4-2-3-20(13-22)23(15-26(28)29)18-9-10-18/h2*2-4,11-14,17-19,23H,5-10,15-16H2,1H3,(H,28,29)/t2*17?,19?,23-/m11/s1. The Morgan fingerprint density at radius 1 is 0.532 bits per heavy atom. The summed E-state index contributed by atoms with van der Waals surface area (Å²) in [4.78, 5) is 22.5. The molecule has 4 aliphatic rings. The third kappa shape index (κ3) is 12.5. The second-order valence-corrected chi connectivity index (χ2v) is 18.1. The van der Waals surface area contributed by atoms with E-state index in [1.54, 1.807) is 26.4 Å². The number of aliphatic carboxylic acids is 2. The zero-order valence-electron chi connectivity index (χ0n) is 36.1. The zero-order valence-corrected chi connectivity index (χ0v) is 36.1. The SMILES string of the molecule is COc1ccc(F)c(C2CCC(COc3cccc([C@H](CC(=O)O)C4CC4)c3)CC2)c1.COc1ccc(F)c(C2CCC(COc3cccc([C@H](CC(=O)O)C4CC4)c3)CC2)c1. The maximum Gasteiger partial charge on any atom is 0.303 e. The highest BCUT2D eigenvalue weighted by molar-refractivity contribution is 5.68. The maximum absolute atomic E-state index is 14.3. The summed E-state index contributed by atoms with van der Waals surface area (Å²) in [7, 11) is 3.21. The van der Waals surface area contributed by atoms with Crippen molar-refractivity contribution in [3.05, 3.63) is 119 Å². The van der Waals surface area contributed by atoms with E-state index in [0.29, 0.717) is 48.4 Å². The Hall–Kier alpha value is -5.12. The summed E-state index contributed by atoms with van der Waals surface area (Å²) in [5, 5.41) is 18.5. The van der Waals surface area contributed by atoms with Crippen molar-refractivity contribution in [1.29, 1.82) is 0 Å². The molecule has 4 aromatic rings. The predicted molar refractivity (Wildman–Crippen MR) is 235 cm³/mol. The molecule has 4 fully saturated rings. The minimum Gasteiger partial charge on any atom is -0.497 e. The molecule has 0 bridgehead atoms. The monoisotopic (exact) mass is 852 g/mol. The fraction of sp³-hybridized carbons (Fsp3) is 0.500. The summed E-state index contributed by atoms with van der Waals surface area (Å²) in [5.41, 5.74) is 3.66. The van der Waals surface area contributed by atoms with E-state index in [1.807, 2.05) is 60.7 Å². The Bertz CT molecular complexity index is 1950. The van der Waals surface area contributed by atoms with E-state index in [2.05, 4.69) is 0 Å². The van der Waals surface area contributed by atoms with Gasteiger partial charge in [-0.05, 0) is 207 Å². The number of benzene rings is 4. The molecule has 62 heavy (non-hydrogen) atoms. The average Bonchev–Trinajstić information content (AvgIpc) is 4.23. The lowest BCUT2D eigenvalue weighted by Gasteiger charge is -2.29. The molecule has 4 saturated carbocycles. The fourth-order valence-corrected chi connectivity index (χ4v) is 9.79. The number of carboxylic acid groups (broad SMARTS) is 2. The van der Waals surface area contributed by atoms with Crippen molar-refractivity contribution in [2.75, 3.05) is 27.4 Å². The molecule has 2 N–H and O–H groups in total. The van der Waals surface area contributed by atoms with Gasteiger partial charge in [-0.3, -0.25) is 9.59 Å². The third-order valence-corrected chi connectivity index (χ3v) is 13.7. The number of methoxy groups -OCH3 is 2. The van der Waals surface area contributed by atoms with Crippen LogP contribution < -0.4 is 18.9 Å². The van der Waals surface area contributed by atoms with Gasteiger partial charge in [0.2, 0.25) is 0 Å². The number of ether oxygens (including phenoxy) is 4. The van der Waals surface area contributed by atoms with Gasteiger partial charge in [0.1, 0.15) is 34.6 Å². The number of halogens is 2. The van der Waals surface area contributed by atoms with Crippen LogP contribution in [0.5, 0.6) is 23.0 Å². The van der Waals surface area contributed by atoms with Gasteiger partial charge in [-0.2, -0.15) is 0 Å². The van der Waals surface area contributed by atoms with Crippen LogP contribution in [0.15, 0.2) is 84.9 Å². The highest BCUT2D eigenvalue weighted by Gasteiger charge is 2.35. The molecule has 4 aliphatic carbocycles. The number of carbonyl (C=O) groups is 2. The molecule has 0 unspecified atom stereocenters. The van der Waals surface area contributed by atoms with Crippen LogP contribution in [0.1, 0.15) is 136 Å². The summed E-state index contributed by atoms with van der Waals surface area (Å²) in [6.07, 6.45) is 12.6. The van der Waals surface area contributed by atoms with Gasteiger partial charge < -0.3 is 29.2 Å². The normalized spacial score (nSPS) is 22.0. The minimum atomic E-state index is -0.743. The molecular formula is C52H62F2O8. The van der Waals surface area contributed by atoms with Crippen molar-refractivity contribution in [2.24, 2.45) is 23.7 Å². The highest BCUT2D eigenvalue weighted by Crippen LogP contribution is 2.47. The molecule has 10 heteroatoms. The molecule has 0 aromatic heterocycles. The molecule has 0 spiro atoms. The molecule has 0 aliphatic heterocycles. The minimum absolute atomic E-state index is 0.0780. The first-order chi connectivity index (χ1) is 30.1. The van der Waals surface area contributed by atoms with Crippen LogP contribution in [-0.2, 0) is 9.59 Å². The first-order valence-corrected chi connectivity index (χ1v) is 22.6. The van der Waals surface area contributed by atoms with Crippen molar-refractivity contribution >= 4 is 11.9 Å². The number of rotatable bonds is 18. The smallest absolute Gasteiger partial charge is 0.303 e. The lowest BCUT2D eigenvalue weighted by molar-refractivity contribution is -0.138. The van der Waals surface area contributed by atoms with Gasteiger partial charge >= 0.3 is 11.9 Å². The Kier molecular flexibility index (Phi) is 15.4. The van der Waals surface area contributed by atoms with Crippen LogP contribution in [0, 0.1) is 35.3 Å². The number of carboxylic acids is 2. The van der Waals surface area contributed by atoms with Gasteiger partial charge in [-0.1, -0.05) is 24.3 Å². The predicted octanol–water partition coefficient (Wildman–Crippen LogP) is 12.3. The topological polar surface area (TPSA) is 112 Å². The van der Waals surface area contributed by atoms with Crippen molar-refractivity contribution in [1.82, 2.24) is 0 Å². The van der Waals surface area contributed by atoms with E-state index in [4.69, 9.17) is 18.9 Å². The quantitative estimate of drug-likeness (QED) is 0.102.